The molecule has 0 heterocycles. The molecular weight excluding hydrogens is 1140 g/mol. The molecule has 3 aromatic carbocycles. The molecule has 81 heavy (non-hydrogen) atoms. The Morgan fingerprint density at radius 1 is 0.469 bits per heavy atom. The minimum atomic E-state index is -4.27. The Labute approximate surface area is 486 Å². The molecule has 24 heteroatoms. The number of carbonyl (C=O) groups is 8. The molecule has 3 rings (SSSR count). The Morgan fingerprint density at radius 2 is 0.753 bits per heavy atom. The standard InChI is InChI=1S/C21H31NO6.C14H25NO6.C9H11NO2.C7H8O3S.C6H11BrO2/c1-20(2,3)27-18(24)13-22(14-19(25)28-21(4,5)6)12-17(23)26-15-16-10-8-7-9-11-16;1-13(2,3)20-11(18)8-15(7-10(16)17)9-12(19)21-14(4,5)6;10-6-9(11)12-7-8-4-2-1-3-5-8;1-6-2-4-7(5-3-6)11(8,9)10;1-6(2,3)9-5(8)4-7/h7-11H,12-15H2,1-6H3;7-9H2,1-6H3,(H,16,17);1-5H,6-7,10H2;2-5H,1H3,(H,8,9,10);4H2,1-3H3. The van der Waals surface area contributed by atoms with Crippen LogP contribution in [-0.4, -0.2) is 155 Å². The number of ether oxygens (including phenoxy) is 7. The van der Waals surface area contributed by atoms with Crippen LogP contribution in [0.1, 0.15) is 121 Å². The van der Waals surface area contributed by atoms with Gasteiger partial charge in [0.15, 0.2) is 6.54 Å². The highest BCUT2D eigenvalue weighted by Gasteiger charge is 2.27. The van der Waals surface area contributed by atoms with Gasteiger partial charge in [0.05, 0.1) is 44.2 Å². The summed E-state index contributed by atoms with van der Waals surface area (Å²) in [5, 5.41) is 9.10. The van der Waals surface area contributed by atoms with Crippen molar-refractivity contribution in [3.05, 3.63) is 102 Å². The first-order chi connectivity index (χ1) is 36.9. The minimum absolute atomic E-state index is 0.117. The third-order valence-electron chi connectivity index (χ3n) is 8.33. The van der Waals surface area contributed by atoms with E-state index in [1.165, 1.54) is 21.9 Å². The van der Waals surface area contributed by atoms with Gasteiger partial charge in [0.25, 0.3) is 0 Å². The molecular formula is C57H86BrN3O19S. The van der Waals surface area contributed by atoms with E-state index in [-0.39, 0.29) is 73.6 Å². The Hall–Kier alpha value is -6.31. The second-order valence-corrected chi connectivity index (χ2v) is 24.5. The maximum atomic E-state index is 12.2. The normalized spacial score (nSPS) is 11.4. The summed E-state index contributed by atoms with van der Waals surface area (Å²) in [4.78, 5) is 94.3. The molecule has 0 bridgehead atoms. The fourth-order valence-corrected chi connectivity index (χ4v) is 6.19. The fraction of sp³-hybridized carbons (Fsp3) is 0.544. The zero-order chi connectivity index (χ0) is 63.0. The highest BCUT2D eigenvalue weighted by atomic mass is 79.9. The average molecular weight is 1230 g/mol. The summed E-state index contributed by atoms with van der Waals surface area (Å²) in [6.45, 7) is 27.0. The third kappa shape index (κ3) is 48.1. The molecule has 0 aliphatic heterocycles. The van der Waals surface area contributed by atoms with Crippen molar-refractivity contribution in [1.29, 1.82) is 0 Å². The quantitative estimate of drug-likeness (QED) is 0.0570. The Morgan fingerprint density at radius 3 is 1.01 bits per heavy atom. The van der Waals surface area contributed by atoms with Gasteiger partial charge in [0.1, 0.15) is 56.7 Å². The Balaban J connectivity index is 0. The van der Waals surface area contributed by atoms with E-state index < -0.39 is 74.9 Å². The van der Waals surface area contributed by atoms with Gasteiger partial charge in [0, 0.05) is 0 Å². The second kappa shape index (κ2) is 36.9. The lowest BCUT2D eigenvalue weighted by Gasteiger charge is -2.25. The maximum Gasteiger partial charge on any atom is 0.361 e. The second-order valence-electron chi connectivity index (χ2n) is 22.6. The molecule has 0 aromatic heterocycles. The number of aryl methyl sites for hydroxylation is 1. The van der Waals surface area contributed by atoms with Crippen LogP contribution in [0, 0.1) is 6.92 Å². The molecule has 0 radical (unpaired) electrons. The number of hydrogen-bond donors (Lipinski definition) is 2. The topological polar surface area (TPSA) is 313 Å². The zero-order valence-electron chi connectivity index (χ0n) is 49.8. The minimum Gasteiger partial charge on any atom is -0.744 e. The number of quaternary nitrogens is 1. The lowest BCUT2D eigenvalue weighted by Crippen LogP contribution is -2.54. The van der Waals surface area contributed by atoms with Crippen molar-refractivity contribution in [3.63, 3.8) is 0 Å². The lowest BCUT2D eigenvalue weighted by molar-refractivity contribution is -0.360. The molecule has 22 nitrogen and oxygen atoms in total. The molecule has 0 unspecified atom stereocenters. The van der Waals surface area contributed by atoms with Crippen molar-refractivity contribution >= 4 is 73.8 Å². The van der Waals surface area contributed by atoms with Gasteiger partial charge in [-0.05, 0) is 134 Å². The number of carboxylic acid groups (broad SMARTS) is 1. The number of aliphatic carboxylic acids is 1. The molecule has 0 aliphatic rings. The van der Waals surface area contributed by atoms with E-state index in [0.29, 0.717) is 6.61 Å². The van der Waals surface area contributed by atoms with Crippen molar-refractivity contribution in [2.24, 2.45) is 0 Å². The smallest absolute Gasteiger partial charge is 0.361 e. The molecule has 0 fully saturated rings. The fourth-order valence-electron chi connectivity index (χ4n) is 5.60. The van der Waals surface area contributed by atoms with Gasteiger partial charge in [-0.15, -0.1) is 0 Å². The number of nitrogens with zero attached hydrogens (tertiary/aromatic N) is 2. The third-order valence-corrected chi connectivity index (χ3v) is 9.64. The summed E-state index contributed by atoms with van der Waals surface area (Å²) in [6, 6.07) is 24.6. The predicted octanol–water partition coefficient (Wildman–Crippen LogP) is 6.37. The molecule has 0 aliphatic carbocycles. The number of alkyl halides is 1. The van der Waals surface area contributed by atoms with Crippen LogP contribution in [0.2, 0.25) is 0 Å². The Kier molecular flexibility index (Phi) is 35.0. The molecule has 0 saturated carbocycles. The van der Waals surface area contributed by atoms with Crippen LogP contribution >= 0.6 is 15.9 Å². The highest BCUT2D eigenvalue weighted by Crippen LogP contribution is 2.13. The van der Waals surface area contributed by atoms with Crippen molar-refractivity contribution in [3.8, 4) is 0 Å². The molecule has 0 spiro atoms. The first-order valence-corrected chi connectivity index (χ1v) is 28.0. The van der Waals surface area contributed by atoms with E-state index in [1.807, 2.05) is 88.4 Å². The molecule has 456 valence electrons. The largest absolute Gasteiger partial charge is 0.744 e. The molecule has 3 aromatic rings. The molecule has 0 atom stereocenters. The van der Waals surface area contributed by atoms with Gasteiger partial charge in [0.2, 0.25) is 0 Å². The predicted molar refractivity (Wildman–Crippen MR) is 303 cm³/mol. The van der Waals surface area contributed by atoms with Gasteiger partial charge in [-0.1, -0.05) is 94.3 Å². The van der Waals surface area contributed by atoms with Gasteiger partial charge in [-0.3, -0.25) is 43.4 Å². The number of esters is 7. The highest BCUT2D eigenvalue weighted by molar-refractivity contribution is 9.09. The van der Waals surface area contributed by atoms with E-state index in [0.717, 1.165) is 16.7 Å². The van der Waals surface area contributed by atoms with E-state index in [1.54, 1.807) is 95.2 Å². The maximum absolute atomic E-state index is 12.2. The first kappa shape index (κ1) is 76.8. The summed E-state index contributed by atoms with van der Waals surface area (Å²) in [5.74, 6) is -4.42. The van der Waals surface area contributed by atoms with Gasteiger partial charge in [-0.25, -0.2) is 13.2 Å². The SMILES string of the molecule is CC(C)(C)OC(=O)CBr.CC(C)(C)OC(=O)CN(CC(=O)O)CC(=O)OC(C)(C)C.CC(C)(C)OC(=O)CN(CC(=O)OCc1ccccc1)CC(=O)OC(C)(C)C.Cc1ccc(S(=O)(=O)[O-])cc1.[NH3+]CC(=O)OCc1ccccc1. The van der Waals surface area contributed by atoms with Crippen molar-refractivity contribution in [2.45, 2.75) is 157 Å². The molecule has 0 amide bonds. The zero-order valence-corrected chi connectivity index (χ0v) is 52.2. The summed E-state index contributed by atoms with van der Waals surface area (Å²) in [7, 11) is -4.27. The van der Waals surface area contributed by atoms with Crippen LogP contribution in [0.4, 0.5) is 0 Å². The van der Waals surface area contributed by atoms with Crippen LogP contribution in [0.5, 0.6) is 0 Å². The monoisotopic (exact) mass is 1230 g/mol. The first-order valence-electron chi connectivity index (χ1n) is 25.4. The summed E-state index contributed by atoms with van der Waals surface area (Å²) < 4.78 is 66.9. The number of carbonyl (C=O) groups excluding carboxylic acids is 7. The number of benzene rings is 3. The van der Waals surface area contributed by atoms with E-state index in [9.17, 15) is 51.3 Å². The van der Waals surface area contributed by atoms with Crippen LogP contribution < -0.4 is 5.73 Å². The molecule has 4 N–H and O–H groups in total. The van der Waals surface area contributed by atoms with E-state index in [2.05, 4.69) is 21.7 Å². The van der Waals surface area contributed by atoms with E-state index in [4.69, 9.17) is 38.3 Å². The van der Waals surface area contributed by atoms with Gasteiger partial charge in [-0.2, -0.15) is 0 Å². The van der Waals surface area contributed by atoms with Crippen molar-refractivity contribution in [2.75, 3.05) is 51.1 Å². The summed E-state index contributed by atoms with van der Waals surface area (Å²) >= 11 is 2.99. The number of halogens is 1. The number of hydrogen-bond acceptors (Lipinski definition) is 20. The molecule has 0 saturated heterocycles. The van der Waals surface area contributed by atoms with Crippen LogP contribution in [0.25, 0.3) is 0 Å². The van der Waals surface area contributed by atoms with E-state index >= 15 is 0 Å². The lowest BCUT2D eigenvalue weighted by atomic mass is 10.2. The number of carboxylic acids is 1. The van der Waals surface area contributed by atoms with Crippen LogP contribution in [-0.2, 0) is 94.8 Å². The van der Waals surface area contributed by atoms with Gasteiger partial charge >= 0.3 is 47.8 Å². The average Bonchev–Trinajstić information content (AvgIpc) is 3.28. The van der Waals surface area contributed by atoms with Crippen molar-refractivity contribution < 1.29 is 95.3 Å². The Bertz CT molecular complexity index is 2450. The summed E-state index contributed by atoms with van der Waals surface area (Å²) in [6.07, 6.45) is 0. The number of rotatable bonds is 19. The van der Waals surface area contributed by atoms with Gasteiger partial charge < -0.3 is 48.6 Å². The summed E-state index contributed by atoms with van der Waals surface area (Å²) in [5.41, 5.74) is 3.18. The van der Waals surface area contributed by atoms with Crippen LogP contribution in [0.15, 0.2) is 89.8 Å². The van der Waals surface area contributed by atoms with Crippen molar-refractivity contribution in [1.82, 2.24) is 9.80 Å². The van der Waals surface area contributed by atoms with Crippen LogP contribution in [0.3, 0.4) is 0 Å².